The Balaban J connectivity index is 1.44. The van der Waals surface area contributed by atoms with Crippen LogP contribution in [0.2, 0.25) is 0 Å². The minimum absolute atomic E-state index is 0.0392. The molecule has 6 nitrogen and oxygen atoms in total. The summed E-state index contributed by atoms with van der Waals surface area (Å²) in [5, 5.41) is 10.1. The number of thioether (sulfide) groups is 1. The van der Waals surface area contributed by atoms with E-state index in [4.69, 9.17) is 4.74 Å². The summed E-state index contributed by atoms with van der Waals surface area (Å²) in [5.41, 5.74) is 5.25. The zero-order valence-corrected chi connectivity index (χ0v) is 19.0. The Morgan fingerprint density at radius 1 is 1.10 bits per heavy atom. The van der Waals surface area contributed by atoms with Gasteiger partial charge >= 0.3 is 0 Å². The van der Waals surface area contributed by atoms with E-state index in [0.717, 1.165) is 50.9 Å². The van der Waals surface area contributed by atoms with Gasteiger partial charge in [0.1, 0.15) is 12.4 Å². The normalized spacial score (nSPS) is 11.2. The van der Waals surface area contributed by atoms with Gasteiger partial charge < -0.3 is 14.3 Å². The molecule has 4 aromatic rings. The first-order valence-corrected chi connectivity index (χ1v) is 11.3. The number of hydrogen-bond acceptors (Lipinski definition) is 5. The van der Waals surface area contributed by atoms with Crippen LogP contribution >= 0.6 is 11.8 Å². The summed E-state index contributed by atoms with van der Waals surface area (Å²) in [7, 11) is 1.93. The zero-order chi connectivity index (χ0) is 22.0. The molecule has 0 spiro atoms. The van der Waals surface area contributed by atoms with Crippen LogP contribution in [0.5, 0.6) is 5.75 Å². The molecule has 0 saturated heterocycles. The third kappa shape index (κ3) is 4.66. The molecule has 7 heteroatoms. The smallest absolute Gasteiger partial charge is 0.191 e. The number of aryl methyl sites for hydroxylation is 3. The third-order valence-corrected chi connectivity index (χ3v) is 6.39. The molecule has 0 unspecified atom stereocenters. The molecular weight excluding hydrogens is 408 g/mol. The van der Waals surface area contributed by atoms with Crippen LogP contribution in [0.3, 0.4) is 0 Å². The van der Waals surface area contributed by atoms with Crippen LogP contribution in [0.15, 0.2) is 52.4 Å². The SMILES string of the molecule is CCc1ccc(OCc2nnc(SCc3cc(=O)c4cc(C)cc(C)c4[nH]3)n2C)cc1. The summed E-state index contributed by atoms with van der Waals surface area (Å²) in [4.78, 5) is 16.0. The van der Waals surface area contributed by atoms with E-state index >= 15 is 0 Å². The lowest BCUT2D eigenvalue weighted by Gasteiger charge is -2.09. The van der Waals surface area contributed by atoms with Crippen LogP contribution in [-0.2, 0) is 25.8 Å². The van der Waals surface area contributed by atoms with Gasteiger partial charge in [0.05, 0.1) is 5.52 Å². The fourth-order valence-electron chi connectivity index (χ4n) is 3.55. The summed E-state index contributed by atoms with van der Waals surface area (Å²) in [5.74, 6) is 2.17. The molecule has 2 heterocycles. The number of benzene rings is 2. The summed E-state index contributed by atoms with van der Waals surface area (Å²) in [6.45, 7) is 6.50. The predicted octanol–water partition coefficient (Wildman–Crippen LogP) is 4.71. The maximum Gasteiger partial charge on any atom is 0.191 e. The fraction of sp³-hybridized carbons (Fsp3) is 0.292. The van der Waals surface area contributed by atoms with Crippen molar-refractivity contribution >= 4 is 22.7 Å². The monoisotopic (exact) mass is 434 g/mol. The second-order valence-corrected chi connectivity index (χ2v) is 8.64. The zero-order valence-electron chi connectivity index (χ0n) is 18.2. The number of H-pyrrole nitrogens is 1. The van der Waals surface area contributed by atoms with Gasteiger partial charge in [0, 0.05) is 29.9 Å². The van der Waals surface area contributed by atoms with E-state index in [1.807, 2.05) is 43.7 Å². The van der Waals surface area contributed by atoms with E-state index in [9.17, 15) is 4.79 Å². The molecule has 2 aromatic carbocycles. The Morgan fingerprint density at radius 3 is 2.61 bits per heavy atom. The minimum Gasteiger partial charge on any atom is -0.486 e. The number of rotatable bonds is 7. The number of ether oxygens (including phenoxy) is 1. The van der Waals surface area contributed by atoms with Gasteiger partial charge in [-0.2, -0.15) is 0 Å². The molecule has 0 fully saturated rings. The van der Waals surface area contributed by atoms with Crippen molar-refractivity contribution in [3.63, 3.8) is 0 Å². The van der Waals surface area contributed by atoms with E-state index < -0.39 is 0 Å². The van der Waals surface area contributed by atoms with Crippen LogP contribution < -0.4 is 10.2 Å². The van der Waals surface area contributed by atoms with Crippen LogP contribution in [0.1, 0.15) is 35.1 Å². The number of pyridine rings is 1. The maximum absolute atomic E-state index is 12.6. The minimum atomic E-state index is 0.0392. The first-order chi connectivity index (χ1) is 14.9. The standard InChI is InChI=1S/C24H26N4O2S/c1-5-17-6-8-19(9-7-17)30-13-22-26-27-24(28(22)4)31-14-18-12-21(29)20-11-15(2)10-16(3)23(20)25-18/h6-12H,5,13-14H2,1-4H3,(H,25,29). The average Bonchev–Trinajstić information content (AvgIpc) is 3.11. The largest absolute Gasteiger partial charge is 0.486 e. The third-order valence-electron chi connectivity index (χ3n) is 5.32. The summed E-state index contributed by atoms with van der Waals surface area (Å²) in [6.07, 6.45) is 1.01. The Bertz CT molecular complexity index is 1280. The van der Waals surface area contributed by atoms with Gasteiger partial charge in [-0.1, -0.05) is 36.9 Å². The second-order valence-electron chi connectivity index (χ2n) is 7.70. The van der Waals surface area contributed by atoms with Gasteiger partial charge in [0.2, 0.25) is 0 Å². The highest BCUT2D eigenvalue weighted by atomic mass is 32.2. The van der Waals surface area contributed by atoms with E-state index in [2.05, 4.69) is 40.3 Å². The molecule has 31 heavy (non-hydrogen) atoms. The Morgan fingerprint density at radius 2 is 1.87 bits per heavy atom. The van der Waals surface area contributed by atoms with Crippen molar-refractivity contribution in [1.82, 2.24) is 19.7 Å². The van der Waals surface area contributed by atoms with Crippen LogP contribution in [0.25, 0.3) is 10.9 Å². The van der Waals surface area contributed by atoms with Gasteiger partial charge in [0.25, 0.3) is 0 Å². The van der Waals surface area contributed by atoms with Crippen molar-refractivity contribution < 1.29 is 4.74 Å². The molecule has 0 radical (unpaired) electrons. The molecule has 160 valence electrons. The Hall–Kier alpha value is -3.06. The topological polar surface area (TPSA) is 72.8 Å². The van der Waals surface area contributed by atoms with E-state index in [-0.39, 0.29) is 5.43 Å². The van der Waals surface area contributed by atoms with Crippen LogP contribution in [0.4, 0.5) is 0 Å². The number of nitrogens with one attached hydrogen (secondary N) is 1. The quantitative estimate of drug-likeness (QED) is 0.427. The van der Waals surface area contributed by atoms with Gasteiger partial charge in [-0.3, -0.25) is 4.79 Å². The second kappa shape index (κ2) is 8.98. The van der Waals surface area contributed by atoms with Crippen molar-refractivity contribution in [3.05, 3.63) is 80.9 Å². The highest BCUT2D eigenvalue weighted by Crippen LogP contribution is 2.23. The van der Waals surface area contributed by atoms with E-state index in [0.29, 0.717) is 12.4 Å². The molecule has 0 bridgehead atoms. The van der Waals surface area contributed by atoms with Gasteiger partial charge in [0.15, 0.2) is 16.4 Å². The molecule has 0 aliphatic carbocycles. The molecule has 0 amide bonds. The number of nitrogens with zero attached hydrogens (tertiary/aromatic N) is 3. The van der Waals surface area contributed by atoms with E-state index in [1.165, 1.54) is 17.3 Å². The molecule has 4 rings (SSSR count). The number of hydrogen-bond donors (Lipinski definition) is 1. The van der Waals surface area contributed by atoms with Crippen LogP contribution in [0, 0.1) is 13.8 Å². The molecule has 0 aliphatic heterocycles. The molecule has 0 atom stereocenters. The lowest BCUT2D eigenvalue weighted by Crippen LogP contribution is -2.06. The van der Waals surface area contributed by atoms with Gasteiger partial charge in [-0.05, 0) is 55.2 Å². The number of fused-ring (bicyclic) bond motifs is 1. The van der Waals surface area contributed by atoms with Crippen molar-refractivity contribution in [1.29, 1.82) is 0 Å². The molecule has 0 aliphatic rings. The first kappa shape index (κ1) is 21.2. The highest BCUT2D eigenvalue weighted by Gasteiger charge is 2.12. The van der Waals surface area contributed by atoms with E-state index in [1.54, 1.807) is 6.07 Å². The maximum atomic E-state index is 12.6. The van der Waals surface area contributed by atoms with Crippen LogP contribution in [-0.4, -0.2) is 19.7 Å². The predicted molar refractivity (Wildman–Crippen MR) is 125 cm³/mol. The fourth-order valence-corrected chi connectivity index (χ4v) is 4.38. The molecular formula is C24H26N4O2S. The Labute approximate surface area is 185 Å². The molecule has 1 N–H and O–H groups in total. The highest BCUT2D eigenvalue weighted by molar-refractivity contribution is 7.98. The van der Waals surface area contributed by atoms with Crippen molar-refractivity contribution in [3.8, 4) is 5.75 Å². The summed E-state index contributed by atoms with van der Waals surface area (Å²) < 4.78 is 7.78. The summed E-state index contributed by atoms with van der Waals surface area (Å²) in [6, 6.07) is 13.8. The van der Waals surface area contributed by atoms with Crippen molar-refractivity contribution in [2.75, 3.05) is 0 Å². The lowest BCUT2D eigenvalue weighted by molar-refractivity contribution is 0.290. The summed E-state index contributed by atoms with van der Waals surface area (Å²) >= 11 is 1.54. The van der Waals surface area contributed by atoms with Gasteiger partial charge in [-0.25, -0.2) is 0 Å². The van der Waals surface area contributed by atoms with Gasteiger partial charge in [-0.15, -0.1) is 10.2 Å². The number of aromatic nitrogens is 4. The number of aromatic amines is 1. The Kier molecular flexibility index (Phi) is 6.13. The van der Waals surface area contributed by atoms with Crippen molar-refractivity contribution in [2.45, 2.75) is 44.7 Å². The average molecular weight is 435 g/mol. The molecule has 0 saturated carbocycles. The van der Waals surface area contributed by atoms with Crippen molar-refractivity contribution in [2.24, 2.45) is 7.05 Å². The molecule has 2 aromatic heterocycles. The lowest BCUT2D eigenvalue weighted by atomic mass is 10.1. The first-order valence-electron chi connectivity index (χ1n) is 10.3.